The molecule has 2 amide bonds. The van der Waals surface area contributed by atoms with Crippen LogP contribution in [-0.2, 0) is 9.59 Å². The van der Waals surface area contributed by atoms with Gasteiger partial charge in [-0.15, -0.1) is 0 Å². The molecule has 5 heteroatoms. The summed E-state index contributed by atoms with van der Waals surface area (Å²) >= 11 is 0. The first kappa shape index (κ1) is 16.4. The average Bonchev–Trinajstić information content (AvgIpc) is 2.61. The highest BCUT2D eigenvalue weighted by Gasteiger charge is 2.60. The first-order valence-corrected chi connectivity index (χ1v) is 9.50. The van der Waals surface area contributed by atoms with E-state index in [-0.39, 0.29) is 23.7 Å². The van der Waals surface area contributed by atoms with Gasteiger partial charge >= 0.3 is 0 Å². The number of hydrogen-bond donors (Lipinski definition) is 1. The van der Waals surface area contributed by atoms with E-state index < -0.39 is 11.6 Å². The maximum Gasteiger partial charge on any atom is 0.236 e. The highest BCUT2D eigenvalue weighted by Crippen LogP contribution is 2.55. The molecule has 1 aromatic rings. The lowest BCUT2D eigenvalue weighted by Crippen LogP contribution is -2.70. The number of carbonyl (C=O) groups excluding carboxylic acids is 2. The summed E-state index contributed by atoms with van der Waals surface area (Å²) in [6.07, 6.45) is 3.97. The van der Waals surface area contributed by atoms with E-state index in [1.807, 2.05) is 38.1 Å². The fourth-order valence-electron chi connectivity index (χ4n) is 5.07. The van der Waals surface area contributed by atoms with E-state index in [2.05, 4.69) is 5.32 Å². The van der Waals surface area contributed by atoms with Crippen molar-refractivity contribution in [1.29, 1.82) is 0 Å². The molecule has 2 bridgehead atoms. The number of carbonyl (C=O) groups is 2. The molecule has 4 rings (SSSR count). The van der Waals surface area contributed by atoms with Crippen LogP contribution >= 0.6 is 0 Å². The van der Waals surface area contributed by atoms with Crippen LogP contribution in [0.3, 0.4) is 0 Å². The van der Waals surface area contributed by atoms with Crippen molar-refractivity contribution < 1.29 is 14.3 Å². The minimum Gasteiger partial charge on any atom is -0.467 e. The average molecular weight is 342 g/mol. The van der Waals surface area contributed by atoms with Crippen LogP contribution in [0.15, 0.2) is 24.3 Å². The van der Waals surface area contributed by atoms with Crippen molar-refractivity contribution in [3.63, 3.8) is 0 Å². The van der Waals surface area contributed by atoms with Crippen molar-refractivity contribution in [3.05, 3.63) is 29.8 Å². The Hall–Kier alpha value is -2.04. The van der Waals surface area contributed by atoms with Gasteiger partial charge in [0, 0.05) is 31.3 Å². The number of rotatable bonds is 3. The highest BCUT2D eigenvalue weighted by atomic mass is 16.5. The minimum atomic E-state index is -0.652. The first-order valence-electron chi connectivity index (χ1n) is 9.50. The Balaban J connectivity index is 1.83. The molecular formula is C20H26N2O3. The summed E-state index contributed by atoms with van der Waals surface area (Å²) in [5, 5.41) is 3.13. The molecule has 2 aliphatic heterocycles. The molecule has 1 saturated heterocycles. The summed E-state index contributed by atoms with van der Waals surface area (Å²) in [4.78, 5) is 28.0. The van der Waals surface area contributed by atoms with Crippen LogP contribution < -0.4 is 10.1 Å². The van der Waals surface area contributed by atoms with Crippen LogP contribution in [0.4, 0.5) is 0 Å². The summed E-state index contributed by atoms with van der Waals surface area (Å²) < 4.78 is 6.35. The number of nitrogens with zero attached hydrogens (tertiary/aromatic N) is 1. The van der Waals surface area contributed by atoms with Crippen molar-refractivity contribution in [2.24, 2.45) is 11.8 Å². The standard InChI is InChI=1S/C20H26N2O3/c1-3-22(4-2)19(24)17-16-13-9-5-6-11-15(13)25-20(21-18(17)23)12-8-7-10-14(16)20/h5-6,9,11,14,16-17H,3-4,7-8,10,12H2,1-2H3,(H,21,23). The van der Waals surface area contributed by atoms with Crippen molar-refractivity contribution >= 4 is 11.8 Å². The molecule has 25 heavy (non-hydrogen) atoms. The summed E-state index contributed by atoms with van der Waals surface area (Å²) in [6, 6.07) is 7.92. The third-order valence-corrected chi connectivity index (χ3v) is 6.23. The predicted molar refractivity (Wildman–Crippen MR) is 94.1 cm³/mol. The third kappa shape index (κ3) is 2.35. The molecule has 4 atom stereocenters. The molecule has 1 N–H and O–H groups in total. The van der Waals surface area contributed by atoms with Crippen LogP contribution in [0.25, 0.3) is 0 Å². The number of fused-ring (bicyclic) bond motifs is 2. The Bertz CT molecular complexity index is 700. The van der Waals surface area contributed by atoms with Gasteiger partial charge in [0.25, 0.3) is 0 Å². The Morgan fingerprint density at radius 3 is 2.80 bits per heavy atom. The molecule has 0 aromatic heterocycles. The van der Waals surface area contributed by atoms with Gasteiger partial charge in [-0.3, -0.25) is 9.59 Å². The molecule has 0 radical (unpaired) electrons. The van der Waals surface area contributed by atoms with E-state index in [1.165, 1.54) is 0 Å². The smallest absolute Gasteiger partial charge is 0.236 e. The second-order valence-electron chi connectivity index (χ2n) is 7.38. The van der Waals surface area contributed by atoms with E-state index >= 15 is 0 Å². The Kier molecular flexibility index (Phi) is 3.97. The highest BCUT2D eigenvalue weighted by molar-refractivity contribution is 6.02. The summed E-state index contributed by atoms with van der Waals surface area (Å²) in [5.74, 6) is 0.0209. The van der Waals surface area contributed by atoms with Crippen LogP contribution in [0.1, 0.15) is 51.0 Å². The van der Waals surface area contributed by atoms with Crippen molar-refractivity contribution in [2.75, 3.05) is 13.1 Å². The maximum absolute atomic E-state index is 13.2. The Morgan fingerprint density at radius 2 is 2.04 bits per heavy atom. The van der Waals surface area contributed by atoms with E-state index in [0.717, 1.165) is 37.0 Å². The van der Waals surface area contributed by atoms with Crippen LogP contribution in [0, 0.1) is 11.8 Å². The van der Waals surface area contributed by atoms with Gasteiger partial charge in [0.05, 0.1) is 0 Å². The SMILES string of the molecule is CCN(CC)C(=O)C1C(=O)NC23CCCCC2C1c1ccccc1O3. The van der Waals surface area contributed by atoms with Gasteiger partial charge in [-0.1, -0.05) is 24.6 Å². The molecule has 1 aromatic carbocycles. The molecule has 2 fully saturated rings. The molecule has 5 nitrogen and oxygen atoms in total. The lowest BCUT2D eigenvalue weighted by atomic mass is 9.62. The minimum absolute atomic E-state index is 0.0524. The summed E-state index contributed by atoms with van der Waals surface area (Å²) in [5.41, 5.74) is 0.388. The van der Waals surface area contributed by atoms with Gasteiger partial charge in [0.1, 0.15) is 11.7 Å². The van der Waals surface area contributed by atoms with Gasteiger partial charge in [0.2, 0.25) is 11.8 Å². The molecule has 1 aliphatic carbocycles. The van der Waals surface area contributed by atoms with Crippen LogP contribution in [-0.4, -0.2) is 35.5 Å². The Labute approximate surface area is 148 Å². The van der Waals surface area contributed by atoms with E-state index in [9.17, 15) is 9.59 Å². The lowest BCUT2D eigenvalue weighted by molar-refractivity contribution is -0.165. The molecular weight excluding hydrogens is 316 g/mol. The monoisotopic (exact) mass is 342 g/mol. The van der Waals surface area contributed by atoms with Crippen LogP contribution in [0.2, 0.25) is 0 Å². The quantitative estimate of drug-likeness (QED) is 0.859. The van der Waals surface area contributed by atoms with Gasteiger partial charge in [-0.2, -0.15) is 0 Å². The second-order valence-corrected chi connectivity index (χ2v) is 7.38. The molecule has 4 unspecified atom stereocenters. The van der Waals surface area contributed by atoms with Crippen molar-refractivity contribution in [1.82, 2.24) is 10.2 Å². The fraction of sp³-hybridized carbons (Fsp3) is 0.600. The lowest BCUT2D eigenvalue weighted by Gasteiger charge is -2.56. The first-order chi connectivity index (χ1) is 12.1. The molecule has 1 saturated carbocycles. The zero-order valence-electron chi connectivity index (χ0n) is 15.0. The van der Waals surface area contributed by atoms with Gasteiger partial charge in [-0.05, 0) is 38.3 Å². The van der Waals surface area contributed by atoms with Crippen LogP contribution in [0.5, 0.6) is 5.75 Å². The molecule has 3 aliphatic rings. The number of para-hydroxylation sites is 1. The number of hydrogen-bond acceptors (Lipinski definition) is 3. The van der Waals surface area contributed by atoms with Crippen molar-refractivity contribution in [3.8, 4) is 5.75 Å². The number of piperidine rings is 1. The van der Waals surface area contributed by atoms with E-state index in [0.29, 0.717) is 13.1 Å². The van der Waals surface area contributed by atoms with E-state index in [1.54, 1.807) is 4.90 Å². The number of amides is 2. The largest absolute Gasteiger partial charge is 0.467 e. The van der Waals surface area contributed by atoms with Gasteiger partial charge in [-0.25, -0.2) is 0 Å². The predicted octanol–water partition coefficient (Wildman–Crippen LogP) is 2.66. The zero-order valence-corrected chi connectivity index (χ0v) is 15.0. The maximum atomic E-state index is 13.2. The fourth-order valence-corrected chi connectivity index (χ4v) is 5.07. The van der Waals surface area contributed by atoms with Gasteiger partial charge < -0.3 is 15.0 Å². The van der Waals surface area contributed by atoms with Crippen molar-refractivity contribution in [2.45, 2.75) is 51.2 Å². The summed E-state index contributed by atoms with van der Waals surface area (Å²) in [6.45, 7) is 5.18. The third-order valence-electron chi connectivity index (χ3n) is 6.23. The summed E-state index contributed by atoms with van der Waals surface area (Å²) in [7, 11) is 0. The van der Waals surface area contributed by atoms with E-state index in [4.69, 9.17) is 4.74 Å². The number of ether oxygens (including phenoxy) is 1. The second kappa shape index (κ2) is 6.04. The molecule has 0 spiro atoms. The Morgan fingerprint density at radius 1 is 1.28 bits per heavy atom. The normalized spacial score (nSPS) is 32.7. The van der Waals surface area contributed by atoms with Gasteiger partial charge in [0.15, 0.2) is 5.72 Å². The molecule has 2 heterocycles. The topological polar surface area (TPSA) is 58.6 Å². The zero-order chi connectivity index (χ0) is 17.6. The number of nitrogens with one attached hydrogen (secondary N) is 1. The number of benzene rings is 1. The molecule has 134 valence electrons.